The van der Waals surface area contributed by atoms with Crippen molar-refractivity contribution in [3.63, 3.8) is 0 Å². The van der Waals surface area contributed by atoms with E-state index < -0.39 is 0 Å². The maximum Gasteiger partial charge on any atom is 0.246 e. The lowest BCUT2D eigenvalue weighted by atomic mass is 9.86. The minimum Gasteiger partial charge on any atom is -0.353 e. The highest BCUT2D eigenvalue weighted by molar-refractivity contribution is 7.80. The lowest BCUT2D eigenvalue weighted by Gasteiger charge is -2.19. The van der Waals surface area contributed by atoms with Crippen LogP contribution in [0, 0.1) is 0 Å². The zero-order valence-corrected chi connectivity index (χ0v) is 21.2. The van der Waals surface area contributed by atoms with Gasteiger partial charge in [-0.15, -0.1) is 0 Å². The third kappa shape index (κ3) is 6.32. The normalized spacial score (nSPS) is 11.2. The van der Waals surface area contributed by atoms with Crippen LogP contribution in [0.25, 0.3) is 11.4 Å². The maximum absolute atomic E-state index is 13.0. The Hall–Kier alpha value is -3.55. The summed E-state index contributed by atoms with van der Waals surface area (Å²) in [6, 6.07) is 22.2. The molecule has 0 saturated carbocycles. The molecule has 6 nitrogen and oxygen atoms in total. The summed E-state index contributed by atoms with van der Waals surface area (Å²) >= 11 is 11.3. The summed E-state index contributed by atoms with van der Waals surface area (Å²) in [5.74, 6) is 0.814. The number of carbonyl (C=O) groups excluding carboxylic acids is 1. The predicted octanol–water partition coefficient (Wildman–Crippen LogP) is 6.41. The van der Waals surface area contributed by atoms with Crippen LogP contribution in [0.4, 0.5) is 5.69 Å². The number of rotatable bonds is 6. The van der Waals surface area contributed by atoms with Crippen molar-refractivity contribution < 1.29 is 9.32 Å². The number of benzene rings is 3. The van der Waals surface area contributed by atoms with Crippen LogP contribution in [-0.4, -0.2) is 21.0 Å². The van der Waals surface area contributed by atoms with Gasteiger partial charge in [-0.25, -0.2) is 0 Å². The Labute approximate surface area is 214 Å². The molecule has 1 heterocycles. The van der Waals surface area contributed by atoms with Crippen LogP contribution >= 0.6 is 23.8 Å². The molecule has 4 aromatic rings. The Balaban J connectivity index is 1.36. The van der Waals surface area contributed by atoms with Crippen LogP contribution in [0.5, 0.6) is 0 Å². The van der Waals surface area contributed by atoms with Gasteiger partial charge < -0.3 is 15.2 Å². The highest BCUT2D eigenvalue weighted by Crippen LogP contribution is 2.23. The number of anilines is 1. The molecule has 0 aliphatic heterocycles. The molecule has 0 bridgehead atoms. The quantitative estimate of drug-likeness (QED) is 0.232. The van der Waals surface area contributed by atoms with E-state index in [9.17, 15) is 4.79 Å². The molecule has 2 N–H and O–H groups in total. The summed E-state index contributed by atoms with van der Waals surface area (Å²) in [6.45, 7) is 6.69. The third-order valence-corrected chi connectivity index (χ3v) is 5.86. The molecule has 0 fully saturated rings. The molecule has 8 heteroatoms. The van der Waals surface area contributed by atoms with Crippen LogP contribution in [0.1, 0.15) is 48.1 Å². The Kier molecular flexibility index (Phi) is 7.28. The molecule has 0 saturated heterocycles. The molecule has 0 atom stereocenters. The summed E-state index contributed by atoms with van der Waals surface area (Å²) in [5.41, 5.74) is 3.94. The van der Waals surface area contributed by atoms with Crippen LogP contribution < -0.4 is 10.6 Å². The summed E-state index contributed by atoms with van der Waals surface area (Å²) in [4.78, 5) is 17.3. The van der Waals surface area contributed by atoms with Gasteiger partial charge in [0, 0.05) is 27.4 Å². The number of halogens is 1. The van der Waals surface area contributed by atoms with Gasteiger partial charge in [0.05, 0.1) is 6.54 Å². The lowest BCUT2D eigenvalue weighted by molar-refractivity contribution is 0.103. The first-order valence-electron chi connectivity index (χ1n) is 11.1. The number of carbonyl (C=O) groups is 1. The minimum atomic E-state index is -0.0476. The fourth-order valence-corrected chi connectivity index (χ4v) is 3.72. The number of ketones is 1. The van der Waals surface area contributed by atoms with E-state index in [1.54, 1.807) is 24.3 Å². The van der Waals surface area contributed by atoms with Crippen LogP contribution in [-0.2, 0) is 12.0 Å². The lowest BCUT2D eigenvalue weighted by Crippen LogP contribution is -2.28. The third-order valence-electron chi connectivity index (χ3n) is 5.37. The van der Waals surface area contributed by atoms with Crippen LogP contribution in [0.15, 0.2) is 77.3 Å². The van der Waals surface area contributed by atoms with Crippen LogP contribution in [0.2, 0.25) is 5.02 Å². The van der Waals surface area contributed by atoms with Gasteiger partial charge in [-0.2, -0.15) is 4.98 Å². The van der Waals surface area contributed by atoms with E-state index in [1.807, 2.05) is 48.5 Å². The van der Waals surface area contributed by atoms with E-state index in [-0.39, 0.29) is 17.7 Å². The molecule has 0 aliphatic rings. The van der Waals surface area contributed by atoms with Crippen molar-refractivity contribution >= 4 is 40.4 Å². The second-order valence-electron chi connectivity index (χ2n) is 9.06. The van der Waals surface area contributed by atoms with Gasteiger partial charge in [-0.05, 0) is 59.6 Å². The first kappa shape index (κ1) is 24.6. The largest absolute Gasteiger partial charge is 0.353 e. The zero-order valence-electron chi connectivity index (χ0n) is 19.6. The van der Waals surface area contributed by atoms with Gasteiger partial charge in [0.15, 0.2) is 10.9 Å². The summed E-state index contributed by atoms with van der Waals surface area (Å²) < 4.78 is 5.29. The van der Waals surface area contributed by atoms with Crippen molar-refractivity contribution in [2.45, 2.75) is 32.7 Å². The van der Waals surface area contributed by atoms with Crippen molar-refractivity contribution in [1.82, 2.24) is 15.5 Å². The Morgan fingerprint density at radius 3 is 2.40 bits per heavy atom. The topological polar surface area (TPSA) is 80.0 Å². The number of aromatic nitrogens is 2. The number of hydrogen-bond acceptors (Lipinski definition) is 5. The number of nitrogens with one attached hydrogen (secondary N) is 2. The second-order valence-corrected chi connectivity index (χ2v) is 9.91. The maximum atomic E-state index is 13.0. The Morgan fingerprint density at radius 2 is 1.71 bits per heavy atom. The van der Waals surface area contributed by atoms with Crippen molar-refractivity contribution in [1.29, 1.82) is 0 Å². The van der Waals surface area contributed by atoms with E-state index in [4.69, 9.17) is 28.3 Å². The molecule has 0 unspecified atom stereocenters. The van der Waals surface area contributed by atoms with E-state index >= 15 is 0 Å². The van der Waals surface area contributed by atoms with Crippen molar-refractivity contribution in [2.75, 3.05) is 5.32 Å². The molecule has 1 aromatic heterocycles. The fourth-order valence-electron chi connectivity index (χ4n) is 3.40. The average molecular weight is 505 g/mol. The van der Waals surface area contributed by atoms with Crippen molar-refractivity contribution in [3.8, 4) is 11.4 Å². The number of nitrogens with zero attached hydrogens (tertiary/aromatic N) is 2. The predicted molar refractivity (Wildman–Crippen MR) is 143 cm³/mol. The number of hydrogen-bond donors (Lipinski definition) is 2. The molecular formula is C27H25ClN4O2S. The zero-order chi connectivity index (χ0) is 25.0. The standard InChI is InChI=1S/C27H25ClN4O2S/c1-27(2,3)20-11-7-17(8-12-20)24(33)19-5-4-6-22(15-19)30-26(35)29-16-23-31-25(32-34-23)18-9-13-21(28)14-10-18/h4-15H,16H2,1-3H3,(H2,29,30,35). The summed E-state index contributed by atoms with van der Waals surface area (Å²) in [5, 5.41) is 11.1. The van der Waals surface area contributed by atoms with Gasteiger partial charge in [0.1, 0.15) is 0 Å². The minimum absolute atomic E-state index is 0.0345. The monoisotopic (exact) mass is 504 g/mol. The van der Waals surface area contributed by atoms with Gasteiger partial charge >= 0.3 is 0 Å². The van der Waals surface area contributed by atoms with Gasteiger partial charge in [-0.3, -0.25) is 4.79 Å². The highest BCUT2D eigenvalue weighted by atomic mass is 35.5. The second kappa shape index (κ2) is 10.4. The van der Waals surface area contributed by atoms with Crippen LogP contribution in [0.3, 0.4) is 0 Å². The summed E-state index contributed by atoms with van der Waals surface area (Å²) in [6.07, 6.45) is 0. The molecule has 0 spiro atoms. The summed E-state index contributed by atoms with van der Waals surface area (Å²) in [7, 11) is 0. The molecule has 0 amide bonds. The van der Waals surface area contributed by atoms with E-state index in [2.05, 4.69) is 41.5 Å². The smallest absolute Gasteiger partial charge is 0.246 e. The van der Waals surface area contributed by atoms with E-state index in [0.717, 1.165) is 5.56 Å². The molecule has 4 rings (SSSR count). The first-order chi connectivity index (χ1) is 16.7. The molecule has 178 valence electrons. The van der Waals surface area contributed by atoms with Gasteiger partial charge in [0.2, 0.25) is 11.7 Å². The first-order valence-corrected chi connectivity index (χ1v) is 11.9. The van der Waals surface area contributed by atoms with Gasteiger partial charge in [0.25, 0.3) is 0 Å². The molecule has 3 aromatic carbocycles. The molecule has 0 aliphatic carbocycles. The SMILES string of the molecule is CC(C)(C)c1ccc(C(=O)c2cccc(NC(=S)NCc3nc(-c4ccc(Cl)cc4)no3)c2)cc1. The van der Waals surface area contributed by atoms with E-state index in [0.29, 0.717) is 38.7 Å². The Bertz CT molecular complexity index is 1340. The molecule has 0 radical (unpaired) electrons. The number of thiocarbonyl (C=S) groups is 1. The highest BCUT2D eigenvalue weighted by Gasteiger charge is 2.15. The molecule has 35 heavy (non-hydrogen) atoms. The van der Waals surface area contributed by atoms with Gasteiger partial charge in [-0.1, -0.05) is 73.9 Å². The fraction of sp³-hybridized carbons (Fsp3) is 0.185. The molecular weight excluding hydrogens is 480 g/mol. The van der Waals surface area contributed by atoms with E-state index in [1.165, 1.54) is 5.56 Å². The van der Waals surface area contributed by atoms with Crippen molar-refractivity contribution in [3.05, 3.63) is 100 Å². The van der Waals surface area contributed by atoms with Crippen molar-refractivity contribution in [2.24, 2.45) is 0 Å². The Morgan fingerprint density at radius 1 is 1.00 bits per heavy atom. The average Bonchev–Trinajstić information content (AvgIpc) is 3.31.